The average Bonchev–Trinajstić information content (AvgIpc) is 3.65. The topological polar surface area (TPSA) is 122 Å². The van der Waals surface area contributed by atoms with Gasteiger partial charge in [0.1, 0.15) is 17.7 Å². The molecule has 0 amide bonds. The minimum Gasteiger partial charge on any atom is -0.461 e. The Balaban J connectivity index is 1.85. The van der Waals surface area contributed by atoms with Gasteiger partial charge in [-0.15, -0.1) is 0 Å². The summed E-state index contributed by atoms with van der Waals surface area (Å²) in [4.78, 5) is 34.7. The van der Waals surface area contributed by atoms with Gasteiger partial charge >= 0.3 is 18.1 Å². The largest absolute Gasteiger partial charge is 0.461 e. The molecule has 5 rings (SSSR count). The van der Waals surface area contributed by atoms with Crippen molar-refractivity contribution in [1.82, 2.24) is 18.5 Å². The molecule has 0 aliphatic heterocycles. The number of ether oxygens (including phenoxy) is 2. The molecular formula is C34H33F3N4O6S. The van der Waals surface area contributed by atoms with Crippen molar-refractivity contribution in [3.05, 3.63) is 90.0 Å². The lowest BCUT2D eigenvalue weighted by Crippen LogP contribution is -2.24. The van der Waals surface area contributed by atoms with Crippen LogP contribution in [0.4, 0.5) is 13.2 Å². The van der Waals surface area contributed by atoms with Gasteiger partial charge in [0.2, 0.25) is 0 Å². The first-order valence-electron chi connectivity index (χ1n) is 15.0. The van der Waals surface area contributed by atoms with Crippen LogP contribution in [-0.4, -0.2) is 45.5 Å². The van der Waals surface area contributed by atoms with Crippen molar-refractivity contribution < 1.29 is 40.7 Å². The Labute approximate surface area is 275 Å². The molecule has 0 saturated heterocycles. The Kier molecular flexibility index (Phi) is 9.24. The molecule has 0 radical (unpaired) electrons. The number of hydrogen-bond donors (Lipinski definition) is 0. The highest BCUT2D eigenvalue weighted by atomic mass is 32.2. The lowest BCUT2D eigenvalue weighted by atomic mass is 9.95. The van der Waals surface area contributed by atoms with E-state index in [4.69, 9.17) is 9.47 Å². The van der Waals surface area contributed by atoms with E-state index < -0.39 is 44.8 Å². The summed E-state index contributed by atoms with van der Waals surface area (Å²) in [6, 6.07) is 13.4. The summed E-state index contributed by atoms with van der Waals surface area (Å²) in [6.07, 6.45) is -1.69. The highest BCUT2D eigenvalue weighted by Gasteiger charge is 2.36. The molecule has 252 valence electrons. The molecule has 0 aliphatic carbocycles. The summed E-state index contributed by atoms with van der Waals surface area (Å²) in [5.41, 5.74) is -1.66. The summed E-state index contributed by atoms with van der Waals surface area (Å²) in [6.45, 7) is 8.04. The molecule has 0 atom stereocenters. The Bertz CT molecular complexity index is 2110. The third kappa shape index (κ3) is 6.44. The second-order valence-electron chi connectivity index (χ2n) is 11.9. The summed E-state index contributed by atoms with van der Waals surface area (Å²) in [5.74, 6) is -1.52. The molecule has 3 heterocycles. The predicted molar refractivity (Wildman–Crippen MR) is 171 cm³/mol. The van der Waals surface area contributed by atoms with E-state index in [1.54, 1.807) is 46.0 Å². The molecule has 0 fully saturated rings. The van der Waals surface area contributed by atoms with E-state index >= 15 is 0 Å². The number of aromatic nitrogens is 4. The number of alkyl halides is 3. The number of aryl methyl sites for hydroxylation is 1. The van der Waals surface area contributed by atoms with Crippen LogP contribution in [0.15, 0.2) is 78.1 Å². The number of rotatable bonds is 9. The first-order chi connectivity index (χ1) is 22.6. The fourth-order valence-corrected chi connectivity index (χ4v) is 6.70. The van der Waals surface area contributed by atoms with Gasteiger partial charge in [0.05, 0.1) is 28.2 Å². The molecule has 0 N–H and O–H groups in total. The number of hydrogen-bond acceptors (Lipinski definition) is 8. The van der Waals surface area contributed by atoms with Crippen LogP contribution in [0, 0.1) is 5.41 Å². The van der Waals surface area contributed by atoms with Gasteiger partial charge in [0.15, 0.2) is 12.4 Å². The molecule has 5 aromatic rings. The van der Waals surface area contributed by atoms with Gasteiger partial charge in [-0.05, 0) is 81.6 Å². The first kappa shape index (κ1) is 34.4. The number of esters is 2. The van der Waals surface area contributed by atoms with Crippen LogP contribution in [0.1, 0.15) is 56.2 Å². The van der Waals surface area contributed by atoms with Gasteiger partial charge in [-0.3, -0.25) is 9.36 Å². The Hall–Kier alpha value is -4.98. The van der Waals surface area contributed by atoms with E-state index in [-0.39, 0.29) is 52.8 Å². The Morgan fingerprint density at radius 2 is 1.60 bits per heavy atom. The third-order valence-corrected chi connectivity index (χ3v) is 9.29. The molecule has 2 aromatic carbocycles. The fraction of sp³-hybridized carbons (Fsp3) is 0.294. The zero-order valence-corrected chi connectivity index (χ0v) is 27.6. The van der Waals surface area contributed by atoms with Gasteiger partial charge in [0, 0.05) is 17.1 Å². The van der Waals surface area contributed by atoms with Crippen molar-refractivity contribution in [3.63, 3.8) is 0 Å². The summed E-state index contributed by atoms with van der Waals surface area (Å²) in [7, 11) is -4.60. The van der Waals surface area contributed by atoms with Crippen LogP contribution in [0.25, 0.3) is 33.5 Å². The highest BCUT2D eigenvalue weighted by Crippen LogP contribution is 2.41. The smallest absolute Gasteiger partial charge is 0.416 e. The van der Waals surface area contributed by atoms with E-state index in [0.717, 1.165) is 16.1 Å². The minimum atomic E-state index is -4.72. The standard InChI is InChI=1S/C34H33F3N4O6S/c1-6-21-13-14-22(34(35,36)37)17-25(21)26-18-27(41(29(26)31(42)46-7-2)48(44,45)23-11-9-8-10-12-23)28-24-15-16-40(30(24)39-19-38-28)20-47-32(43)33(3,4)5/h8-19H,6-7,20H2,1-5H3. The van der Waals surface area contributed by atoms with Crippen molar-refractivity contribution >= 4 is 33.0 Å². The molecule has 3 aromatic heterocycles. The van der Waals surface area contributed by atoms with Crippen molar-refractivity contribution in [2.75, 3.05) is 6.61 Å². The molecule has 0 unspecified atom stereocenters. The number of carbonyl (C=O) groups excluding carboxylic acids is 2. The molecule has 10 nitrogen and oxygen atoms in total. The molecule has 14 heteroatoms. The maximum absolute atomic E-state index is 14.5. The molecule has 48 heavy (non-hydrogen) atoms. The molecule has 0 spiro atoms. The first-order valence-corrected chi connectivity index (χ1v) is 16.4. The number of halogens is 3. The quantitative estimate of drug-likeness (QED) is 0.151. The normalized spacial score (nSPS) is 12.3. The van der Waals surface area contributed by atoms with E-state index in [0.29, 0.717) is 10.9 Å². The van der Waals surface area contributed by atoms with Crippen LogP contribution in [-0.2, 0) is 43.6 Å². The molecule has 0 bridgehead atoms. The van der Waals surface area contributed by atoms with E-state index in [2.05, 4.69) is 9.97 Å². The number of carbonyl (C=O) groups is 2. The van der Waals surface area contributed by atoms with Crippen LogP contribution < -0.4 is 0 Å². The summed E-state index contributed by atoms with van der Waals surface area (Å²) < 4.78 is 83.9. The van der Waals surface area contributed by atoms with Crippen molar-refractivity contribution in [1.29, 1.82) is 0 Å². The Morgan fingerprint density at radius 1 is 0.896 bits per heavy atom. The zero-order valence-electron chi connectivity index (χ0n) is 26.8. The molecule has 0 saturated carbocycles. The SMILES string of the molecule is CCOC(=O)c1c(-c2cc(C(F)(F)F)ccc2CC)cc(-c2ncnc3c2ccn3COC(=O)C(C)(C)C)n1S(=O)(=O)c1ccccc1. The number of nitrogens with zero attached hydrogens (tertiary/aromatic N) is 4. The zero-order chi connectivity index (χ0) is 35.0. The summed E-state index contributed by atoms with van der Waals surface area (Å²) >= 11 is 0. The monoisotopic (exact) mass is 682 g/mol. The number of benzene rings is 2. The molecular weight excluding hydrogens is 649 g/mol. The van der Waals surface area contributed by atoms with Gasteiger partial charge in [-0.2, -0.15) is 13.2 Å². The highest BCUT2D eigenvalue weighted by molar-refractivity contribution is 7.90. The second kappa shape index (κ2) is 12.9. The maximum Gasteiger partial charge on any atom is 0.416 e. The average molecular weight is 683 g/mol. The Morgan fingerprint density at radius 3 is 2.23 bits per heavy atom. The lowest BCUT2D eigenvalue weighted by molar-refractivity contribution is -0.156. The fourth-order valence-electron chi connectivity index (χ4n) is 5.17. The van der Waals surface area contributed by atoms with Crippen LogP contribution in [0.3, 0.4) is 0 Å². The lowest BCUT2D eigenvalue weighted by Gasteiger charge is -2.17. The van der Waals surface area contributed by atoms with Gasteiger partial charge in [-0.25, -0.2) is 27.2 Å². The van der Waals surface area contributed by atoms with Crippen LogP contribution in [0.5, 0.6) is 0 Å². The van der Waals surface area contributed by atoms with Gasteiger partial charge < -0.3 is 9.47 Å². The predicted octanol–water partition coefficient (Wildman–Crippen LogP) is 7.11. The van der Waals surface area contributed by atoms with E-state index in [9.17, 15) is 31.2 Å². The van der Waals surface area contributed by atoms with Crippen molar-refractivity contribution in [3.8, 4) is 22.5 Å². The van der Waals surface area contributed by atoms with Gasteiger partial charge in [-0.1, -0.05) is 31.2 Å². The van der Waals surface area contributed by atoms with E-state index in [1.807, 2.05) is 0 Å². The second-order valence-corrected chi connectivity index (χ2v) is 13.7. The maximum atomic E-state index is 14.5. The minimum absolute atomic E-state index is 0.00982. The van der Waals surface area contributed by atoms with Crippen molar-refractivity contribution in [2.45, 2.75) is 58.8 Å². The summed E-state index contributed by atoms with van der Waals surface area (Å²) in [5, 5.41) is 0.327. The third-order valence-electron chi connectivity index (χ3n) is 7.56. The van der Waals surface area contributed by atoms with Gasteiger partial charge in [0.25, 0.3) is 10.0 Å². The number of fused-ring (bicyclic) bond motifs is 1. The molecule has 0 aliphatic rings. The van der Waals surface area contributed by atoms with Crippen LogP contribution >= 0.6 is 0 Å². The van der Waals surface area contributed by atoms with Crippen molar-refractivity contribution in [2.24, 2.45) is 5.41 Å². The van der Waals surface area contributed by atoms with Crippen LogP contribution in [0.2, 0.25) is 0 Å². The van der Waals surface area contributed by atoms with E-state index in [1.165, 1.54) is 54.2 Å².